The molecule has 160 valence electrons. The van der Waals surface area contributed by atoms with Gasteiger partial charge < -0.3 is 20.1 Å². The minimum Gasteiger partial charge on any atom is -0.490 e. The van der Waals surface area contributed by atoms with Crippen LogP contribution in [-0.2, 0) is 19.4 Å². The molecule has 2 aliphatic rings. The number of rotatable bonds is 6. The lowest BCUT2D eigenvalue weighted by Gasteiger charge is -2.27. The number of thiophene rings is 1. The number of nitrogens with one attached hydrogen (secondary N) is 2. The number of anilines is 1. The minimum atomic E-state index is -0.289. The van der Waals surface area contributed by atoms with E-state index in [-0.39, 0.29) is 12.1 Å². The van der Waals surface area contributed by atoms with E-state index < -0.39 is 0 Å². The smallest absolute Gasteiger partial charge is 0.256 e. The van der Waals surface area contributed by atoms with Crippen molar-refractivity contribution in [2.24, 2.45) is 0 Å². The number of fused-ring (bicyclic) bond motifs is 3. The first kappa shape index (κ1) is 19.9. The molecule has 0 saturated carbocycles. The van der Waals surface area contributed by atoms with Gasteiger partial charge in [0.25, 0.3) is 5.91 Å². The van der Waals surface area contributed by atoms with Crippen LogP contribution < -0.4 is 20.1 Å². The van der Waals surface area contributed by atoms with Crippen LogP contribution in [0, 0.1) is 0 Å². The Hall–Kier alpha value is -2.99. The normalized spacial score (nSPS) is 17.2. The lowest BCUT2D eigenvalue weighted by Crippen LogP contribution is -2.38. The van der Waals surface area contributed by atoms with E-state index in [0.717, 1.165) is 41.0 Å². The molecule has 0 saturated heterocycles. The molecule has 2 aromatic carbocycles. The zero-order valence-corrected chi connectivity index (χ0v) is 18.4. The Morgan fingerprint density at radius 2 is 1.84 bits per heavy atom. The average molecular weight is 435 g/mol. The molecule has 5 rings (SSSR count). The van der Waals surface area contributed by atoms with Crippen molar-refractivity contribution in [1.29, 1.82) is 0 Å². The van der Waals surface area contributed by atoms with E-state index in [2.05, 4.69) is 10.6 Å². The number of amides is 1. The molecule has 3 aromatic rings. The van der Waals surface area contributed by atoms with Crippen molar-refractivity contribution in [2.45, 2.75) is 45.4 Å². The van der Waals surface area contributed by atoms with Gasteiger partial charge in [-0.1, -0.05) is 36.4 Å². The predicted molar refractivity (Wildman–Crippen MR) is 123 cm³/mol. The Morgan fingerprint density at radius 1 is 1.00 bits per heavy atom. The zero-order chi connectivity index (χ0) is 21.2. The summed E-state index contributed by atoms with van der Waals surface area (Å²) >= 11 is 1.74. The molecule has 1 unspecified atom stereocenters. The van der Waals surface area contributed by atoms with Crippen LogP contribution in [0.5, 0.6) is 11.5 Å². The van der Waals surface area contributed by atoms with Crippen molar-refractivity contribution in [3.05, 3.63) is 75.7 Å². The summed E-state index contributed by atoms with van der Waals surface area (Å²) in [6.45, 7) is 2.97. The summed E-state index contributed by atoms with van der Waals surface area (Å²) in [6.07, 6.45) is 4.16. The highest BCUT2D eigenvalue weighted by Crippen LogP contribution is 2.42. The lowest BCUT2D eigenvalue weighted by atomic mass is 9.94. The summed E-state index contributed by atoms with van der Waals surface area (Å²) in [7, 11) is 0. The number of ether oxygens (including phenoxy) is 2. The Bertz CT molecular complexity index is 1090. The molecule has 1 aliphatic carbocycles. The molecule has 0 bridgehead atoms. The molecule has 1 amide bonds. The lowest BCUT2D eigenvalue weighted by molar-refractivity contribution is 0.0935. The van der Waals surface area contributed by atoms with Crippen LogP contribution in [0.25, 0.3) is 0 Å². The monoisotopic (exact) mass is 434 g/mol. The predicted octanol–water partition coefficient (Wildman–Crippen LogP) is 5.46. The van der Waals surface area contributed by atoms with Crippen LogP contribution in [0.2, 0.25) is 0 Å². The quantitative estimate of drug-likeness (QED) is 0.541. The van der Waals surface area contributed by atoms with Gasteiger partial charge in [0.05, 0.1) is 12.2 Å². The van der Waals surface area contributed by atoms with Gasteiger partial charge in [0, 0.05) is 4.88 Å². The third-order valence-corrected chi connectivity index (χ3v) is 7.01. The van der Waals surface area contributed by atoms with Crippen molar-refractivity contribution in [3.63, 3.8) is 0 Å². The number of hydrogen-bond donors (Lipinski definition) is 2. The van der Waals surface area contributed by atoms with Crippen LogP contribution in [0.4, 0.5) is 5.00 Å². The first-order valence-corrected chi connectivity index (χ1v) is 11.7. The van der Waals surface area contributed by atoms with E-state index in [0.29, 0.717) is 24.7 Å². The summed E-state index contributed by atoms with van der Waals surface area (Å²) in [6, 6.07) is 15.9. The summed E-state index contributed by atoms with van der Waals surface area (Å²) in [5, 5.41) is 7.66. The molecule has 31 heavy (non-hydrogen) atoms. The summed E-state index contributed by atoms with van der Waals surface area (Å²) < 4.78 is 11.9. The third-order valence-electron chi connectivity index (χ3n) is 5.79. The van der Waals surface area contributed by atoms with Gasteiger partial charge in [0.15, 0.2) is 11.5 Å². The van der Waals surface area contributed by atoms with Gasteiger partial charge in [0.1, 0.15) is 17.8 Å². The van der Waals surface area contributed by atoms with Crippen molar-refractivity contribution in [2.75, 3.05) is 11.9 Å². The number of benzene rings is 2. The third kappa shape index (κ3) is 4.00. The van der Waals surface area contributed by atoms with Crippen molar-refractivity contribution in [1.82, 2.24) is 5.32 Å². The summed E-state index contributed by atoms with van der Waals surface area (Å²) in [4.78, 5) is 14.3. The molecule has 0 spiro atoms. The molecular weight excluding hydrogens is 408 g/mol. The minimum absolute atomic E-state index is 0.0144. The van der Waals surface area contributed by atoms with Crippen LogP contribution in [0.1, 0.15) is 57.9 Å². The number of hydrogen-bond acceptors (Lipinski definition) is 5. The van der Waals surface area contributed by atoms with E-state index >= 15 is 0 Å². The largest absolute Gasteiger partial charge is 0.490 e. The van der Waals surface area contributed by atoms with Crippen molar-refractivity contribution in [3.8, 4) is 11.5 Å². The van der Waals surface area contributed by atoms with E-state index in [4.69, 9.17) is 9.47 Å². The first-order valence-electron chi connectivity index (χ1n) is 10.9. The van der Waals surface area contributed by atoms with E-state index in [1.54, 1.807) is 11.3 Å². The standard InChI is InChI=1S/C25H26N2O3S/c1-2-29-20-14-17(12-13-19(20)30-15-16-8-4-3-5-9-16)23-26-24(28)22-18-10-6-7-11-21(18)31-25(22)27-23/h3-5,8-9,12-14,23,27H,2,6-7,10-11,15H2,1H3,(H,26,28). The van der Waals surface area contributed by atoms with Crippen LogP contribution in [-0.4, -0.2) is 12.5 Å². The highest BCUT2D eigenvalue weighted by atomic mass is 32.1. The molecule has 1 aliphatic heterocycles. The molecule has 1 aromatic heterocycles. The Balaban J connectivity index is 1.38. The topological polar surface area (TPSA) is 59.6 Å². The van der Waals surface area contributed by atoms with Gasteiger partial charge in [-0.2, -0.15) is 0 Å². The Labute approximate surface area is 186 Å². The van der Waals surface area contributed by atoms with E-state index in [9.17, 15) is 4.79 Å². The fourth-order valence-corrected chi connectivity index (χ4v) is 5.59. The summed E-state index contributed by atoms with van der Waals surface area (Å²) in [5.74, 6) is 1.40. The molecular formula is C25H26N2O3S. The Morgan fingerprint density at radius 3 is 2.68 bits per heavy atom. The van der Waals surface area contributed by atoms with Gasteiger partial charge >= 0.3 is 0 Å². The average Bonchev–Trinajstić information content (AvgIpc) is 3.18. The maximum atomic E-state index is 12.9. The van der Waals surface area contributed by atoms with Gasteiger partial charge in [-0.25, -0.2) is 0 Å². The molecule has 0 fully saturated rings. The van der Waals surface area contributed by atoms with Crippen LogP contribution in [0.3, 0.4) is 0 Å². The van der Waals surface area contributed by atoms with Gasteiger partial charge in [-0.15, -0.1) is 11.3 Å². The van der Waals surface area contributed by atoms with Gasteiger partial charge in [-0.3, -0.25) is 4.79 Å². The fraction of sp³-hybridized carbons (Fsp3) is 0.320. The number of carbonyl (C=O) groups excluding carboxylic acids is 1. The highest BCUT2D eigenvalue weighted by Gasteiger charge is 2.32. The van der Waals surface area contributed by atoms with Crippen molar-refractivity contribution < 1.29 is 14.3 Å². The molecule has 1 atom stereocenters. The van der Waals surface area contributed by atoms with Crippen molar-refractivity contribution >= 4 is 22.2 Å². The Kier molecular flexibility index (Phi) is 5.55. The summed E-state index contributed by atoms with van der Waals surface area (Å²) in [5.41, 5.74) is 4.14. The number of carbonyl (C=O) groups is 1. The molecule has 2 N–H and O–H groups in total. The molecule has 6 heteroatoms. The van der Waals surface area contributed by atoms with E-state index in [1.807, 2.05) is 55.5 Å². The van der Waals surface area contributed by atoms with Crippen LogP contribution >= 0.6 is 11.3 Å². The molecule has 2 heterocycles. The van der Waals surface area contributed by atoms with E-state index in [1.165, 1.54) is 16.9 Å². The maximum Gasteiger partial charge on any atom is 0.256 e. The number of aryl methyl sites for hydroxylation is 1. The molecule has 0 radical (unpaired) electrons. The zero-order valence-electron chi connectivity index (χ0n) is 17.6. The first-order chi connectivity index (χ1) is 15.2. The fourth-order valence-electron chi connectivity index (χ4n) is 4.27. The maximum absolute atomic E-state index is 12.9. The van der Waals surface area contributed by atoms with Gasteiger partial charge in [0.2, 0.25) is 0 Å². The molecule has 5 nitrogen and oxygen atoms in total. The van der Waals surface area contributed by atoms with Crippen LogP contribution in [0.15, 0.2) is 48.5 Å². The highest BCUT2D eigenvalue weighted by molar-refractivity contribution is 7.16. The second-order valence-electron chi connectivity index (χ2n) is 7.88. The SMILES string of the molecule is CCOc1cc(C2NC(=O)c3c(sc4c3CCCC4)N2)ccc1OCc1ccccc1. The second-order valence-corrected chi connectivity index (χ2v) is 8.98. The van der Waals surface area contributed by atoms with Gasteiger partial charge in [-0.05, 0) is 61.4 Å². The second kappa shape index (κ2) is 8.63.